The molecule has 0 spiro atoms. The van der Waals surface area contributed by atoms with Gasteiger partial charge in [0.15, 0.2) is 0 Å². The van der Waals surface area contributed by atoms with Crippen molar-refractivity contribution in [1.29, 1.82) is 0 Å². The molecule has 114 valence electrons. The molecule has 1 unspecified atom stereocenters. The third-order valence-corrected chi connectivity index (χ3v) is 4.57. The summed E-state index contributed by atoms with van der Waals surface area (Å²) in [7, 11) is 0. The van der Waals surface area contributed by atoms with Gasteiger partial charge in [0.1, 0.15) is 0 Å². The highest BCUT2D eigenvalue weighted by Crippen LogP contribution is 2.29. The van der Waals surface area contributed by atoms with Crippen LogP contribution in [0.1, 0.15) is 32.6 Å². The number of likely N-dealkylation sites (tertiary alicyclic amines) is 1. The van der Waals surface area contributed by atoms with E-state index in [1.54, 1.807) is 23.1 Å². The predicted octanol–water partition coefficient (Wildman–Crippen LogP) is 3.72. The number of anilines is 1. The van der Waals surface area contributed by atoms with E-state index in [-0.39, 0.29) is 11.1 Å². The molecular formula is C15H18Cl2N2O2. The van der Waals surface area contributed by atoms with Crippen LogP contribution in [0.2, 0.25) is 10.0 Å². The monoisotopic (exact) mass is 328 g/mol. The second-order valence-electron chi connectivity index (χ2n) is 5.11. The van der Waals surface area contributed by atoms with E-state index in [4.69, 9.17) is 23.2 Å². The van der Waals surface area contributed by atoms with E-state index >= 15 is 0 Å². The van der Waals surface area contributed by atoms with Crippen molar-refractivity contribution in [3.8, 4) is 0 Å². The highest BCUT2D eigenvalue weighted by atomic mass is 35.5. The Hall–Kier alpha value is -1.26. The summed E-state index contributed by atoms with van der Waals surface area (Å²) in [4.78, 5) is 26.1. The zero-order valence-corrected chi connectivity index (χ0v) is 13.4. The third-order valence-electron chi connectivity index (χ3n) is 3.75. The second kappa shape index (κ2) is 7.14. The van der Waals surface area contributed by atoms with Crippen molar-refractivity contribution in [2.24, 2.45) is 0 Å². The fourth-order valence-corrected chi connectivity index (χ4v) is 2.95. The van der Waals surface area contributed by atoms with Crippen LogP contribution in [0.25, 0.3) is 0 Å². The number of hydrogen-bond acceptors (Lipinski definition) is 2. The minimum Gasteiger partial charge on any atom is -0.331 e. The van der Waals surface area contributed by atoms with E-state index in [0.717, 1.165) is 25.7 Å². The summed E-state index contributed by atoms with van der Waals surface area (Å²) in [6, 6.07) is 5.06. The van der Waals surface area contributed by atoms with Crippen molar-refractivity contribution < 1.29 is 9.59 Å². The van der Waals surface area contributed by atoms with Crippen LogP contribution in [0.3, 0.4) is 0 Å². The van der Waals surface area contributed by atoms with Gasteiger partial charge in [-0.05, 0) is 37.8 Å². The summed E-state index contributed by atoms with van der Waals surface area (Å²) in [5, 5.41) is 3.13. The normalized spacial score (nSPS) is 18.4. The highest BCUT2D eigenvalue weighted by molar-refractivity contribution is 6.45. The first-order valence-corrected chi connectivity index (χ1v) is 7.86. The van der Waals surface area contributed by atoms with Gasteiger partial charge in [0.25, 0.3) is 0 Å². The quantitative estimate of drug-likeness (QED) is 0.841. The molecule has 0 aliphatic carbocycles. The van der Waals surface area contributed by atoms with Crippen LogP contribution in [0.5, 0.6) is 0 Å². The summed E-state index contributed by atoms with van der Waals surface area (Å²) in [6.07, 6.45) is 3.85. The van der Waals surface area contributed by atoms with Gasteiger partial charge >= 0.3 is 11.8 Å². The van der Waals surface area contributed by atoms with Gasteiger partial charge in [0, 0.05) is 12.6 Å². The molecule has 4 nitrogen and oxygen atoms in total. The standard InChI is InChI=1S/C15H18Cl2N2O2/c1-2-10-6-3-4-9-19(10)15(21)14(20)18-12-8-5-7-11(16)13(12)17/h5,7-8,10H,2-4,6,9H2,1H3,(H,18,20). The summed E-state index contributed by atoms with van der Waals surface area (Å²) in [6.45, 7) is 2.66. The van der Waals surface area contributed by atoms with E-state index in [2.05, 4.69) is 5.32 Å². The second-order valence-corrected chi connectivity index (χ2v) is 5.90. The topological polar surface area (TPSA) is 49.4 Å². The van der Waals surface area contributed by atoms with Gasteiger partial charge in [-0.2, -0.15) is 0 Å². The van der Waals surface area contributed by atoms with E-state index in [1.807, 2.05) is 6.92 Å². The van der Waals surface area contributed by atoms with Gasteiger partial charge in [0.05, 0.1) is 15.7 Å². The van der Waals surface area contributed by atoms with Gasteiger partial charge in [-0.1, -0.05) is 36.2 Å². The molecule has 0 radical (unpaired) electrons. The molecule has 1 aromatic rings. The maximum absolute atomic E-state index is 12.3. The van der Waals surface area contributed by atoms with Crippen LogP contribution in [0.4, 0.5) is 5.69 Å². The summed E-state index contributed by atoms with van der Waals surface area (Å²) in [5.74, 6) is -1.17. The van der Waals surface area contributed by atoms with Crippen LogP contribution in [-0.4, -0.2) is 29.3 Å². The smallest absolute Gasteiger partial charge is 0.313 e. The van der Waals surface area contributed by atoms with Gasteiger partial charge < -0.3 is 10.2 Å². The SMILES string of the molecule is CCC1CCCCN1C(=O)C(=O)Nc1cccc(Cl)c1Cl. The van der Waals surface area contributed by atoms with Crippen molar-refractivity contribution in [2.75, 3.05) is 11.9 Å². The Balaban J connectivity index is 2.08. The molecule has 1 fully saturated rings. The first-order valence-electron chi connectivity index (χ1n) is 7.10. The van der Waals surface area contributed by atoms with Gasteiger partial charge in [0.2, 0.25) is 0 Å². The number of halogens is 2. The molecule has 1 N–H and O–H groups in total. The number of nitrogens with one attached hydrogen (secondary N) is 1. The maximum Gasteiger partial charge on any atom is 0.313 e. The van der Waals surface area contributed by atoms with Crippen molar-refractivity contribution in [1.82, 2.24) is 4.90 Å². The van der Waals surface area contributed by atoms with Crippen LogP contribution >= 0.6 is 23.2 Å². The predicted molar refractivity (Wildman–Crippen MR) is 84.7 cm³/mol. The number of benzene rings is 1. The summed E-state index contributed by atoms with van der Waals surface area (Å²) in [5.41, 5.74) is 0.354. The molecule has 1 saturated heterocycles. The number of hydrogen-bond donors (Lipinski definition) is 1. The van der Waals surface area contributed by atoms with Crippen molar-refractivity contribution in [3.05, 3.63) is 28.2 Å². The zero-order chi connectivity index (χ0) is 15.4. The molecule has 0 saturated carbocycles. The lowest BCUT2D eigenvalue weighted by molar-refractivity contribution is -0.145. The average molecular weight is 329 g/mol. The van der Waals surface area contributed by atoms with Gasteiger partial charge in [-0.3, -0.25) is 9.59 Å². The molecule has 21 heavy (non-hydrogen) atoms. The Morgan fingerprint density at radius 2 is 2.10 bits per heavy atom. The fraction of sp³-hybridized carbons (Fsp3) is 0.467. The van der Waals surface area contributed by atoms with E-state index in [1.165, 1.54) is 0 Å². The summed E-state index contributed by atoms with van der Waals surface area (Å²) >= 11 is 11.9. The zero-order valence-electron chi connectivity index (χ0n) is 11.9. The molecular weight excluding hydrogens is 311 g/mol. The van der Waals surface area contributed by atoms with E-state index < -0.39 is 11.8 Å². The number of rotatable bonds is 2. The molecule has 2 rings (SSSR count). The molecule has 2 amide bonds. The first kappa shape index (κ1) is 16.1. The first-order chi connectivity index (χ1) is 10.0. The third kappa shape index (κ3) is 3.69. The molecule has 1 atom stereocenters. The number of nitrogens with zero attached hydrogens (tertiary/aromatic N) is 1. The van der Waals surface area contributed by atoms with Gasteiger partial charge in [-0.15, -0.1) is 0 Å². The number of carbonyl (C=O) groups is 2. The molecule has 1 aliphatic heterocycles. The van der Waals surface area contributed by atoms with Crippen LogP contribution < -0.4 is 5.32 Å². The van der Waals surface area contributed by atoms with Crippen LogP contribution in [0.15, 0.2) is 18.2 Å². The van der Waals surface area contributed by atoms with E-state index in [0.29, 0.717) is 17.3 Å². The Labute approximate surface area is 134 Å². The molecule has 1 heterocycles. The fourth-order valence-electron chi connectivity index (χ4n) is 2.60. The van der Waals surface area contributed by atoms with Crippen LogP contribution in [-0.2, 0) is 9.59 Å². The van der Waals surface area contributed by atoms with Crippen LogP contribution in [0, 0.1) is 0 Å². The Morgan fingerprint density at radius 1 is 1.33 bits per heavy atom. The minimum atomic E-state index is -0.667. The average Bonchev–Trinajstić information content (AvgIpc) is 2.51. The van der Waals surface area contributed by atoms with Gasteiger partial charge in [-0.25, -0.2) is 0 Å². The Bertz CT molecular complexity index is 548. The highest BCUT2D eigenvalue weighted by Gasteiger charge is 2.29. The molecule has 1 aromatic carbocycles. The molecule has 0 aromatic heterocycles. The number of carbonyl (C=O) groups excluding carboxylic acids is 2. The number of piperidine rings is 1. The lowest BCUT2D eigenvalue weighted by Gasteiger charge is -2.34. The lowest BCUT2D eigenvalue weighted by Crippen LogP contribution is -2.48. The van der Waals surface area contributed by atoms with Crippen molar-refractivity contribution >= 4 is 40.7 Å². The maximum atomic E-state index is 12.3. The minimum absolute atomic E-state index is 0.145. The molecule has 6 heteroatoms. The Kier molecular flexibility index (Phi) is 5.48. The van der Waals surface area contributed by atoms with E-state index in [9.17, 15) is 9.59 Å². The molecule has 0 bridgehead atoms. The van der Waals surface area contributed by atoms with Crippen molar-refractivity contribution in [3.63, 3.8) is 0 Å². The Morgan fingerprint density at radius 3 is 2.81 bits per heavy atom. The molecule has 1 aliphatic rings. The lowest BCUT2D eigenvalue weighted by atomic mass is 10.00. The largest absolute Gasteiger partial charge is 0.331 e. The number of amides is 2. The summed E-state index contributed by atoms with van der Waals surface area (Å²) < 4.78 is 0. The van der Waals surface area contributed by atoms with Crippen molar-refractivity contribution in [2.45, 2.75) is 38.6 Å².